The van der Waals surface area contributed by atoms with Gasteiger partial charge in [0, 0.05) is 53.7 Å². The van der Waals surface area contributed by atoms with E-state index in [1.165, 1.54) is 6.07 Å². The van der Waals surface area contributed by atoms with Crippen molar-refractivity contribution in [3.05, 3.63) is 53.9 Å². The number of nitrogens with zero attached hydrogens (tertiary/aromatic N) is 4. The third-order valence-corrected chi connectivity index (χ3v) is 7.98. The minimum absolute atomic E-state index is 0.00422. The lowest BCUT2D eigenvalue weighted by Gasteiger charge is -2.47. The Morgan fingerprint density at radius 3 is 2.94 bits per heavy atom. The number of aromatic amines is 2. The molecule has 4 heterocycles. The van der Waals surface area contributed by atoms with Crippen LogP contribution in [0, 0.1) is 11.9 Å². The van der Waals surface area contributed by atoms with E-state index >= 15 is 0 Å². The number of hydrogen-bond donors (Lipinski definition) is 2. The third kappa shape index (κ3) is 3.92. The zero-order valence-corrected chi connectivity index (χ0v) is 19.7. The monoisotopic (exact) mass is 476 g/mol. The highest BCUT2D eigenvalue weighted by Crippen LogP contribution is 2.44. The number of furan rings is 1. The number of halogens is 1. The zero-order valence-electron chi connectivity index (χ0n) is 19.7. The summed E-state index contributed by atoms with van der Waals surface area (Å²) in [5.74, 6) is 2.20. The van der Waals surface area contributed by atoms with Crippen LogP contribution in [0.4, 0.5) is 4.39 Å². The number of aromatic nitrogens is 5. The number of piperidine rings is 1. The summed E-state index contributed by atoms with van der Waals surface area (Å²) in [4.78, 5) is 19.1. The van der Waals surface area contributed by atoms with Crippen LogP contribution in [0.15, 0.2) is 40.9 Å². The summed E-state index contributed by atoms with van der Waals surface area (Å²) in [6, 6.07) is 8.45. The minimum atomic E-state index is -0.608. The van der Waals surface area contributed by atoms with E-state index in [0.717, 1.165) is 66.5 Å². The van der Waals surface area contributed by atoms with Crippen molar-refractivity contribution in [1.82, 2.24) is 30.5 Å². The van der Waals surface area contributed by atoms with Gasteiger partial charge in [-0.05, 0) is 65.6 Å². The van der Waals surface area contributed by atoms with E-state index in [0.29, 0.717) is 18.1 Å². The van der Waals surface area contributed by atoms with Crippen molar-refractivity contribution in [1.29, 1.82) is 0 Å². The molecular formula is C26H29FN6O2. The molecule has 1 amide bonds. The topological polar surface area (TPSA) is 104 Å². The number of carbonyl (C=O) groups excluding carboxylic acids is 1. The summed E-state index contributed by atoms with van der Waals surface area (Å²) >= 11 is 0. The molecule has 1 aliphatic heterocycles. The molecule has 4 atom stereocenters. The van der Waals surface area contributed by atoms with Gasteiger partial charge in [0.05, 0.1) is 0 Å². The second-order valence-corrected chi connectivity index (χ2v) is 9.97. The maximum Gasteiger partial charge on any atom is 0.278 e. The fourth-order valence-electron chi connectivity index (χ4n) is 6.41. The molecule has 2 aliphatic rings. The van der Waals surface area contributed by atoms with E-state index in [4.69, 9.17) is 4.42 Å². The molecule has 182 valence electrons. The van der Waals surface area contributed by atoms with E-state index in [2.05, 4.69) is 37.4 Å². The van der Waals surface area contributed by atoms with Crippen LogP contribution in [0.2, 0.25) is 0 Å². The van der Waals surface area contributed by atoms with Gasteiger partial charge in [-0.15, -0.1) is 5.10 Å². The Morgan fingerprint density at radius 1 is 1.23 bits per heavy atom. The quantitative estimate of drug-likeness (QED) is 0.415. The fourth-order valence-corrected chi connectivity index (χ4v) is 6.41. The molecule has 1 saturated heterocycles. The first-order valence-corrected chi connectivity index (χ1v) is 12.5. The van der Waals surface area contributed by atoms with Crippen LogP contribution in [-0.2, 0) is 4.79 Å². The molecule has 0 radical (unpaired) electrons. The predicted octanol–water partition coefficient (Wildman–Crippen LogP) is 5.15. The van der Waals surface area contributed by atoms with Crippen molar-refractivity contribution < 1.29 is 13.6 Å². The van der Waals surface area contributed by atoms with Crippen LogP contribution in [0.5, 0.6) is 0 Å². The Bertz CT molecular complexity index is 1330. The molecule has 8 nitrogen and oxygen atoms in total. The Morgan fingerprint density at radius 2 is 2.14 bits per heavy atom. The number of nitrogens with one attached hydrogen (secondary N) is 2. The van der Waals surface area contributed by atoms with E-state index in [1.54, 1.807) is 6.07 Å². The Balaban J connectivity index is 1.24. The van der Waals surface area contributed by atoms with Crippen molar-refractivity contribution in [2.45, 2.75) is 63.3 Å². The first-order valence-electron chi connectivity index (χ1n) is 12.5. The number of H-pyrrole nitrogens is 2. The fraction of sp³-hybridized carbons (Fsp3) is 0.462. The minimum Gasteiger partial charge on any atom is -0.431 e. The van der Waals surface area contributed by atoms with Gasteiger partial charge in [-0.2, -0.15) is 4.39 Å². The number of fused-ring (bicyclic) bond motifs is 2. The van der Waals surface area contributed by atoms with Crippen LogP contribution >= 0.6 is 0 Å². The van der Waals surface area contributed by atoms with Crippen LogP contribution < -0.4 is 0 Å². The second kappa shape index (κ2) is 8.94. The highest BCUT2D eigenvalue weighted by Gasteiger charge is 2.42. The molecule has 35 heavy (non-hydrogen) atoms. The molecule has 4 unspecified atom stereocenters. The molecule has 1 aliphatic carbocycles. The summed E-state index contributed by atoms with van der Waals surface area (Å²) in [6.07, 6.45) is 7.65. The lowest BCUT2D eigenvalue weighted by molar-refractivity contribution is -0.138. The third-order valence-electron chi connectivity index (χ3n) is 7.98. The van der Waals surface area contributed by atoms with E-state index in [1.807, 2.05) is 24.4 Å². The first-order chi connectivity index (χ1) is 17.1. The van der Waals surface area contributed by atoms with Crippen molar-refractivity contribution >= 4 is 16.8 Å². The molecule has 4 aromatic rings. The molecule has 1 saturated carbocycles. The van der Waals surface area contributed by atoms with Crippen LogP contribution in [0.3, 0.4) is 0 Å². The highest BCUT2D eigenvalue weighted by atomic mass is 19.1. The van der Waals surface area contributed by atoms with Gasteiger partial charge in [-0.3, -0.25) is 4.79 Å². The Hall–Kier alpha value is -3.49. The van der Waals surface area contributed by atoms with Gasteiger partial charge in [0.25, 0.3) is 6.01 Å². The maximum atomic E-state index is 13.6. The Labute approximate surface area is 202 Å². The van der Waals surface area contributed by atoms with Gasteiger partial charge in [0.15, 0.2) is 5.82 Å². The summed E-state index contributed by atoms with van der Waals surface area (Å²) in [5, 5.41) is 15.7. The van der Waals surface area contributed by atoms with E-state index < -0.39 is 6.01 Å². The van der Waals surface area contributed by atoms with Crippen molar-refractivity contribution in [3.63, 3.8) is 0 Å². The van der Waals surface area contributed by atoms with Crippen LogP contribution in [0.1, 0.15) is 68.7 Å². The van der Waals surface area contributed by atoms with Crippen LogP contribution in [0.25, 0.3) is 22.2 Å². The number of benzene rings is 1. The van der Waals surface area contributed by atoms with E-state index in [9.17, 15) is 9.18 Å². The number of tetrazole rings is 1. The standard InChI is InChI=1S/C26H29FN6O2/c1-15(19-14-28-20-8-2-6-18(25(19)20)22-10-11-23(27)35-22)13-24(34)33-12-4-7-16-17(5-3-9-21(16)33)26-29-31-32-30-26/h2,6,8,10-11,14-17,21,28H,3-5,7,9,12-13H2,1H3,(H,29,30,31,32). The Kier molecular flexibility index (Phi) is 5.62. The van der Waals surface area contributed by atoms with Gasteiger partial charge in [0.1, 0.15) is 5.76 Å². The molecule has 6 rings (SSSR count). The van der Waals surface area contributed by atoms with Crippen molar-refractivity contribution in [3.8, 4) is 11.3 Å². The molecule has 0 spiro atoms. The first kappa shape index (κ1) is 22.0. The number of amides is 1. The van der Waals surface area contributed by atoms with Gasteiger partial charge in [-0.25, -0.2) is 5.10 Å². The molecule has 2 fully saturated rings. The van der Waals surface area contributed by atoms with Gasteiger partial charge >= 0.3 is 0 Å². The van der Waals surface area contributed by atoms with Crippen LogP contribution in [-0.4, -0.2) is 49.0 Å². The highest BCUT2D eigenvalue weighted by molar-refractivity contribution is 5.97. The number of carbonyl (C=O) groups is 1. The number of likely N-dealkylation sites (tertiary alicyclic amines) is 1. The molecule has 1 aromatic carbocycles. The van der Waals surface area contributed by atoms with Gasteiger partial charge in [0.2, 0.25) is 5.91 Å². The number of rotatable bonds is 5. The molecule has 3 aromatic heterocycles. The second-order valence-electron chi connectivity index (χ2n) is 9.97. The summed E-state index contributed by atoms with van der Waals surface area (Å²) < 4.78 is 18.9. The zero-order chi connectivity index (χ0) is 23.9. The summed E-state index contributed by atoms with van der Waals surface area (Å²) in [6.45, 7) is 2.89. The molecular weight excluding hydrogens is 447 g/mol. The predicted molar refractivity (Wildman–Crippen MR) is 128 cm³/mol. The summed E-state index contributed by atoms with van der Waals surface area (Å²) in [7, 11) is 0. The molecule has 0 bridgehead atoms. The molecule has 9 heteroatoms. The normalized spacial score (nSPS) is 23.4. The average Bonchev–Trinajstić information content (AvgIpc) is 3.64. The average molecular weight is 477 g/mol. The van der Waals surface area contributed by atoms with Crippen molar-refractivity contribution in [2.75, 3.05) is 6.54 Å². The summed E-state index contributed by atoms with van der Waals surface area (Å²) in [5.41, 5.74) is 2.82. The molecule has 2 N–H and O–H groups in total. The lowest BCUT2D eigenvalue weighted by atomic mass is 9.70. The van der Waals surface area contributed by atoms with Gasteiger partial charge in [-0.1, -0.05) is 25.5 Å². The van der Waals surface area contributed by atoms with E-state index in [-0.39, 0.29) is 23.8 Å². The smallest absolute Gasteiger partial charge is 0.278 e. The largest absolute Gasteiger partial charge is 0.431 e. The van der Waals surface area contributed by atoms with Gasteiger partial charge < -0.3 is 14.3 Å². The number of hydrogen-bond acceptors (Lipinski definition) is 5. The SMILES string of the molecule is CC(CC(=O)N1CCCC2C(c3nnn[nH]3)CCCC21)c1c[nH]c2cccc(-c3ccc(F)o3)c12. The lowest BCUT2D eigenvalue weighted by Crippen LogP contribution is -2.51. The maximum absolute atomic E-state index is 13.6. The van der Waals surface area contributed by atoms with Crippen molar-refractivity contribution in [2.24, 2.45) is 5.92 Å².